The fourth-order valence-corrected chi connectivity index (χ4v) is 1.93. The molecule has 2 rings (SSSR count). The van der Waals surface area contributed by atoms with Crippen molar-refractivity contribution >= 4 is 16.9 Å². The molecule has 118 valence electrons. The Bertz CT molecular complexity index is 707. The van der Waals surface area contributed by atoms with Crippen molar-refractivity contribution in [3.8, 4) is 0 Å². The molecule has 5 nitrogen and oxygen atoms in total. The number of hydrogen-bond donors (Lipinski definition) is 1. The van der Waals surface area contributed by atoms with E-state index in [1.165, 1.54) is 0 Å². The maximum absolute atomic E-state index is 12.3. The van der Waals surface area contributed by atoms with Gasteiger partial charge in [-0.05, 0) is 60.0 Å². The zero-order valence-electron chi connectivity index (χ0n) is 14.2. The molecule has 0 aliphatic rings. The maximum Gasteiger partial charge on any atom is 0.251 e. The van der Waals surface area contributed by atoms with Gasteiger partial charge >= 0.3 is 0 Å². The Morgan fingerprint density at radius 3 is 2.32 bits per heavy atom. The van der Waals surface area contributed by atoms with Crippen LogP contribution < -0.4 is 5.32 Å². The number of nitrogens with zero attached hydrogens (tertiary/aromatic N) is 3. The van der Waals surface area contributed by atoms with E-state index in [9.17, 15) is 4.79 Å². The Morgan fingerprint density at radius 1 is 1.14 bits per heavy atom. The molecule has 1 N–H and O–H groups in total. The molecule has 22 heavy (non-hydrogen) atoms. The standard InChI is InChI=1S/C17H24N4O/c1-11-12(2)20-15-9-13(7-8-14(15)19-11)16(22)18-10-17(3,4)21(5)6/h7-9H,10H2,1-6H3,(H,18,22). The lowest BCUT2D eigenvalue weighted by atomic mass is 10.0. The first-order valence-electron chi connectivity index (χ1n) is 7.41. The van der Waals surface area contributed by atoms with Crippen LogP contribution in [0.15, 0.2) is 18.2 Å². The topological polar surface area (TPSA) is 58.1 Å². The van der Waals surface area contributed by atoms with Crippen molar-refractivity contribution in [3.63, 3.8) is 0 Å². The molecule has 0 saturated carbocycles. The Balaban J connectivity index is 2.20. The minimum Gasteiger partial charge on any atom is -0.350 e. The van der Waals surface area contributed by atoms with E-state index in [0.717, 1.165) is 22.4 Å². The number of aromatic nitrogens is 2. The predicted octanol–water partition coefficient (Wildman–Crippen LogP) is 2.32. The lowest BCUT2D eigenvalue weighted by Crippen LogP contribution is -2.48. The molecular formula is C17H24N4O. The fourth-order valence-electron chi connectivity index (χ4n) is 1.93. The van der Waals surface area contributed by atoms with E-state index >= 15 is 0 Å². The average molecular weight is 300 g/mol. The van der Waals surface area contributed by atoms with Gasteiger partial charge in [0.15, 0.2) is 0 Å². The van der Waals surface area contributed by atoms with Crippen LogP contribution in [0, 0.1) is 13.8 Å². The van der Waals surface area contributed by atoms with E-state index in [1.54, 1.807) is 12.1 Å². The molecule has 1 aromatic carbocycles. The predicted molar refractivity (Wildman–Crippen MR) is 89.1 cm³/mol. The highest BCUT2D eigenvalue weighted by atomic mass is 16.1. The van der Waals surface area contributed by atoms with Crippen LogP contribution in [-0.4, -0.2) is 47.0 Å². The number of carbonyl (C=O) groups is 1. The van der Waals surface area contributed by atoms with Crippen LogP contribution in [0.5, 0.6) is 0 Å². The molecule has 0 saturated heterocycles. The molecule has 0 atom stereocenters. The molecule has 1 heterocycles. The highest BCUT2D eigenvalue weighted by Crippen LogP contribution is 2.15. The number of amides is 1. The third kappa shape index (κ3) is 3.42. The number of carbonyl (C=O) groups excluding carboxylic acids is 1. The third-order valence-electron chi connectivity index (χ3n) is 4.23. The number of likely N-dealkylation sites (N-methyl/N-ethyl adjacent to an activating group) is 1. The molecule has 1 amide bonds. The van der Waals surface area contributed by atoms with Crippen LogP contribution in [0.3, 0.4) is 0 Å². The lowest BCUT2D eigenvalue weighted by Gasteiger charge is -2.32. The molecular weight excluding hydrogens is 276 g/mol. The summed E-state index contributed by atoms with van der Waals surface area (Å²) in [5.74, 6) is -0.0862. The van der Waals surface area contributed by atoms with Gasteiger partial charge < -0.3 is 10.2 Å². The molecule has 0 aliphatic heterocycles. The van der Waals surface area contributed by atoms with E-state index in [0.29, 0.717) is 12.1 Å². The van der Waals surface area contributed by atoms with Gasteiger partial charge in [-0.1, -0.05) is 0 Å². The van der Waals surface area contributed by atoms with Gasteiger partial charge in [-0.3, -0.25) is 4.79 Å². The molecule has 0 unspecified atom stereocenters. The van der Waals surface area contributed by atoms with Gasteiger partial charge in [0.25, 0.3) is 5.91 Å². The summed E-state index contributed by atoms with van der Waals surface area (Å²) in [5.41, 5.74) is 3.88. The summed E-state index contributed by atoms with van der Waals surface area (Å²) in [6.07, 6.45) is 0. The highest BCUT2D eigenvalue weighted by molar-refractivity contribution is 5.97. The van der Waals surface area contributed by atoms with Gasteiger partial charge in [-0.25, -0.2) is 9.97 Å². The number of fused-ring (bicyclic) bond motifs is 1. The minimum absolute atomic E-state index is 0.0862. The SMILES string of the molecule is Cc1nc2ccc(C(=O)NCC(C)(C)N(C)C)cc2nc1C. The molecule has 2 aromatic rings. The second-order valence-electron chi connectivity index (χ2n) is 6.49. The smallest absolute Gasteiger partial charge is 0.251 e. The maximum atomic E-state index is 12.3. The van der Waals surface area contributed by atoms with Crippen molar-refractivity contribution in [3.05, 3.63) is 35.2 Å². The number of hydrogen-bond acceptors (Lipinski definition) is 4. The van der Waals surface area contributed by atoms with Crippen LogP contribution in [0.2, 0.25) is 0 Å². The van der Waals surface area contributed by atoms with Crippen LogP contribution in [0.1, 0.15) is 35.6 Å². The van der Waals surface area contributed by atoms with Gasteiger partial charge in [0.1, 0.15) is 0 Å². The number of benzene rings is 1. The minimum atomic E-state index is -0.0972. The van der Waals surface area contributed by atoms with Crippen LogP contribution in [0.25, 0.3) is 11.0 Å². The van der Waals surface area contributed by atoms with Crippen molar-refractivity contribution in [2.45, 2.75) is 33.2 Å². The Hall–Kier alpha value is -2.01. The molecule has 5 heteroatoms. The van der Waals surface area contributed by atoms with Crippen LogP contribution >= 0.6 is 0 Å². The molecule has 0 radical (unpaired) electrons. The lowest BCUT2D eigenvalue weighted by molar-refractivity contribution is 0.0920. The molecule has 0 fully saturated rings. The third-order valence-corrected chi connectivity index (χ3v) is 4.23. The second kappa shape index (κ2) is 6.01. The summed E-state index contributed by atoms with van der Waals surface area (Å²) in [7, 11) is 4.01. The molecule has 1 aromatic heterocycles. The first-order chi connectivity index (χ1) is 10.2. The van der Waals surface area contributed by atoms with Crippen molar-refractivity contribution in [2.24, 2.45) is 0 Å². The van der Waals surface area contributed by atoms with Gasteiger partial charge in [-0.2, -0.15) is 0 Å². The van der Waals surface area contributed by atoms with Gasteiger partial charge in [0, 0.05) is 17.6 Å². The second-order valence-corrected chi connectivity index (χ2v) is 6.49. The number of nitrogens with one attached hydrogen (secondary N) is 1. The van der Waals surface area contributed by atoms with E-state index in [2.05, 4.69) is 34.0 Å². The monoisotopic (exact) mass is 300 g/mol. The Kier molecular flexibility index (Phi) is 4.47. The molecule has 0 bridgehead atoms. The quantitative estimate of drug-likeness (QED) is 0.941. The van der Waals surface area contributed by atoms with Crippen molar-refractivity contribution in [1.82, 2.24) is 20.2 Å². The summed E-state index contributed by atoms with van der Waals surface area (Å²) < 4.78 is 0. The van der Waals surface area contributed by atoms with Crippen LogP contribution in [-0.2, 0) is 0 Å². The van der Waals surface area contributed by atoms with Gasteiger partial charge in [0.05, 0.1) is 22.4 Å². The Labute approximate surface area is 131 Å². The summed E-state index contributed by atoms with van der Waals surface area (Å²) in [4.78, 5) is 23.4. The summed E-state index contributed by atoms with van der Waals surface area (Å²) in [5, 5.41) is 2.98. The largest absolute Gasteiger partial charge is 0.350 e. The summed E-state index contributed by atoms with van der Waals surface area (Å²) in [6, 6.07) is 5.44. The molecule has 0 spiro atoms. The fraction of sp³-hybridized carbons (Fsp3) is 0.471. The summed E-state index contributed by atoms with van der Waals surface area (Å²) >= 11 is 0. The van der Waals surface area contributed by atoms with Gasteiger partial charge in [0.2, 0.25) is 0 Å². The van der Waals surface area contributed by atoms with E-state index in [-0.39, 0.29) is 11.4 Å². The summed E-state index contributed by atoms with van der Waals surface area (Å²) in [6.45, 7) is 8.62. The number of aryl methyl sites for hydroxylation is 2. The highest BCUT2D eigenvalue weighted by Gasteiger charge is 2.21. The zero-order valence-corrected chi connectivity index (χ0v) is 14.2. The first kappa shape index (κ1) is 16.4. The average Bonchev–Trinajstić information content (AvgIpc) is 2.45. The Morgan fingerprint density at radius 2 is 1.73 bits per heavy atom. The zero-order chi connectivity index (χ0) is 16.5. The van der Waals surface area contributed by atoms with Crippen molar-refractivity contribution in [2.75, 3.05) is 20.6 Å². The van der Waals surface area contributed by atoms with E-state index in [4.69, 9.17) is 0 Å². The van der Waals surface area contributed by atoms with Crippen molar-refractivity contribution in [1.29, 1.82) is 0 Å². The molecule has 0 aliphatic carbocycles. The van der Waals surface area contributed by atoms with Gasteiger partial charge in [-0.15, -0.1) is 0 Å². The normalized spacial score (nSPS) is 12.0. The number of rotatable bonds is 4. The first-order valence-corrected chi connectivity index (χ1v) is 7.41. The van der Waals surface area contributed by atoms with Crippen LogP contribution in [0.4, 0.5) is 0 Å². The van der Waals surface area contributed by atoms with E-state index < -0.39 is 0 Å². The van der Waals surface area contributed by atoms with E-state index in [1.807, 2.05) is 34.0 Å². The van der Waals surface area contributed by atoms with Crippen molar-refractivity contribution < 1.29 is 4.79 Å².